The summed E-state index contributed by atoms with van der Waals surface area (Å²) in [5.41, 5.74) is -1.39. The molecule has 0 saturated carbocycles. The van der Waals surface area contributed by atoms with Gasteiger partial charge >= 0.3 is 12.1 Å². The molecule has 8 nitrogen and oxygen atoms in total. The van der Waals surface area contributed by atoms with E-state index in [0.717, 1.165) is 25.3 Å². The maximum Gasteiger partial charge on any atom is 0.433 e. The molecule has 3 rings (SSSR count). The molecule has 0 spiro atoms. The first kappa shape index (κ1) is 21.0. The number of halogens is 3. The smallest absolute Gasteiger partial charge is 0.433 e. The van der Waals surface area contributed by atoms with Crippen molar-refractivity contribution >= 4 is 34.3 Å². The van der Waals surface area contributed by atoms with E-state index in [4.69, 9.17) is 4.74 Å². The summed E-state index contributed by atoms with van der Waals surface area (Å²) >= 11 is 0. The van der Waals surface area contributed by atoms with Gasteiger partial charge in [-0.15, -0.1) is 0 Å². The van der Waals surface area contributed by atoms with Gasteiger partial charge in [0.1, 0.15) is 11.4 Å². The van der Waals surface area contributed by atoms with Crippen LogP contribution in [0.4, 0.5) is 18.9 Å². The zero-order chi connectivity index (χ0) is 22.1. The molecule has 0 aliphatic carbocycles. The molecule has 156 valence electrons. The van der Waals surface area contributed by atoms with E-state index in [0.29, 0.717) is 10.9 Å². The van der Waals surface area contributed by atoms with Crippen molar-refractivity contribution in [2.45, 2.75) is 19.6 Å². The molecule has 0 aliphatic rings. The zero-order valence-corrected chi connectivity index (χ0v) is 15.8. The van der Waals surface area contributed by atoms with Gasteiger partial charge in [-0.2, -0.15) is 18.3 Å². The summed E-state index contributed by atoms with van der Waals surface area (Å²) in [6, 6.07) is 5.68. The average Bonchev–Trinajstić information content (AvgIpc) is 3.06. The standard InChI is InChI=1S/C19H15F3N4O4/c1-10(27)8-26-9-11-6-15(12(18(29)30-2)7-14(11)25-26)24-17(28)13-4-3-5-16(23-13)19(20,21)22/h3-7,9H,8H2,1-2H3,(H,24,28). The molecule has 0 bridgehead atoms. The van der Waals surface area contributed by atoms with Crippen molar-refractivity contribution in [3.63, 3.8) is 0 Å². The predicted octanol–water partition coefficient (Wildman–Crippen LogP) is 3.08. The Balaban J connectivity index is 2.00. The van der Waals surface area contributed by atoms with E-state index in [1.54, 1.807) is 0 Å². The normalized spacial score (nSPS) is 11.4. The first-order valence-electron chi connectivity index (χ1n) is 8.53. The molecule has 30 heavy (non-hydrogen) atoms. The molecule has 1 amide bonds. The highest BCUT2D eigenvalue weighted by Crippen LogP contribution is 2.28. The number of nitrogens with one attached hydrogen (secondary N) is 1. The number of aromatic nitrogens is 3. The van der Waals surface area contributed by atoms with Crippen LogP contribution in [0.1, 0.15) is 33.5 Å². The van der Waals surface area contributed by atoms with Gasteiger partial charge in [0, 0.05) is 11.6 Å². The van der Waals surface area contributed by atoms with Crippen molar-refractivity contribution in [1.82, 2.24) is 14.8 Å². The third kappa shape index (κ3) is 4.45. The number of hydrogen-bond acceptors (Lipinski definition) is 6. The van der Waals surface area contributed by atoms with Crippen molar-refractivity contribution < 1.29 is 32.3 Å². The molecule has 2 heterocycles. The second-order valence-electron chi connectivity index (χ2n) is 6.34. The SMILES string of the molecule is COC(=O)c1cc2nn(CC(C)=O)cc2cc1NC(=O)c1cccc(C(F)(F)F)n1. The number of pyridine rings is 1. The summed E-state index contributed by atoms with van der Waals surface area (Å²) in [5.74, 6) is -1.87. The number of amides is 1. The molecular formula is C19H15F3N4O4. The lowest BCUT2D eigenvalue weighted by Gasteiger charge is -2.11. The molecule has 2 aromatic heterocycles. The fourth-order valence-electron chi connectivity index (χ4n) is 2.72. The number of rotatable bonds is 5. The molecule has 3 aromatic rings. The number of alkyl halides is 3. The maximum atomic E-state index is 12.9. The molecule has 1 N–H and O–H groups in total. The van der Waals surface area contributed by atoms with Crippen LogP contribution in [0.3, 0.4) is 0 Å². The monoisotopic (exact) mass is 420 g/mol. The quantitative estimate of drug-likeness (QED) is 0.637. The van der Waals surface area contributed by atoms with Gasteiger partial charge in [0.05, 0.1) is 30.4 Å². The van der Waals surface area contributed by atoms with Crippen LogP contribution < -0.4 is 5.32 Å². The molecular weight excluding hydrogens is 405 g/mol. The van der Waals surface area contributed by atoms with Crippen LogP contribution in [0.2, 0.25) is 0 Å². The van der Waals surface area contributed by atoms with Gasteiger partial charge < -0.3 is 10.1 Å². The largest absolute Gasteiger partial charge is 0.465 e. The molecule has 0 fully saturated rings. The number of benzene rings is 1. The number of nitrogens with zero attached hydrogens (tertiary/aromatic N) is 3. The molecule has 0 aliphatic heterocycles. The van der Waals surface area contributed by atoms with Crippen LogP contribution in [-0.4, -0.2) is 39.5 Å². The van der Waals surface area contributed by atoms with Crippen molar-refractivity contribution in [2.24, 2.45) is 0 Å². The Morgan fingerprint density at radius 2 is 1.93 bits per heavy atom. The van der Waals surface area contributed by atoms with Gasteiger partial charge in [-0.05, 0) is 31.2 Å². The minimum Gasteiger partial charge on any atom is -0.465 e. The van der Waals surface area contributed by atoms with Crippen LogP contribution in [0.5, 0.6) is 0 Å². The number of carbonyl (C=O) groups excluding carboxylic acids is 3. The van der Waals surface area contributed by atoms with E-state index in [9.17, 15) is 27.6 Å². The molecule has 0 saturated heterocycles. The van der Waals surface area contributed by atoms with Crippen molar-refractivity contribution in [1.29, 1.82) is 0 Å². The van der Waals surface area contributed by atoms with E-state index in [1.807, 2.05) is 0 Å². The molecule has 0 radical (unpaired) electrons. The molecule has 1 aromatic carbocycles. The first-order valence-corrected chi connectivity index (χ1v) is 8.53. The predicted molar refractivity (Wildman–Crippen MR) is 98.9 cm³/mol. The Bertz CT molecular complexity index is 1150. The minimum absolute atomic E-state index is 0.000867. The number of Topliss-reactive ketones (excluding diaryl/α,β-unsaturated/α-hetero) is 1. The van der Waals surface area contributed by atoms with Crippen LogP contribution >= 0.6 is 0 Å². The van der Waals surface area contributed by atoms with Crippen LogP contribution in [0, 0.1) is 0 Å². The van der Waals surface area contributed by atoms with Crippen LogP contribution in [0.15, 0.2) is 36.5 Å². The highest BCUT2D eigenvalue weighted by Gasteiger charge is 2.33. The summed E-state index contributed by atoms with van der Waals surface area (Å²) in [5, 5.41) is 7.07. The summed E-state index contributed by atoms with van der Waals surface area (Å²) in [4.78, 5) is 39.3. The lowest BCUT2D eigenvalue weighted by atomic mass is 10.1. The van der Waals surface area contributed by atoms with E-state index < -0.39 is 29.4 Å². The van der Waals surface area contributed by atoms with Gasteiger partial charge in [0.25, 0.3) is 5.91 Å². The second kappa shape index (κ2) is 7.93. The Morgan fingerprint density at radius 1 is 1.20 bits per heavy atom. The van der Waals surface area contributed by atoms with E-state index in [-0.39, 0.29) is 23.6 Å². The third-order valence-electron chi connectivity index (χ3n) is 4.00. The van der Waals surface area contributed by atoms with Crippen molar-refractivity contribution in [3.8, 4) is 0 Å². The minimum atomic E-state index is -4.71. The van der Waals surface area contributed by atoms with Crippen molar-refractivity contribution in [2.75, 3.05) is 12.4 Å². The highest BCUT2D eigenvalue weighted by atomic mass is 19.4. The van der Waals surface area contributed by atoms with Gasteiger partial charge in [-0.25, -0.2) is 9.78 Å². The first-order chi connectivity index (χ1) is 14.1. The van der Waals surface area contributed by atoms with Gasteiger partial charge in [-0.3, -0.25) is 14.3 Å². The van der Waals surface area contributed by atoms with Gasteiger partial charge in [0.15, 0.2) is 5.78 Å². The number of esters is 1. The number of ether oxygens (including phenoxy) is 1. The Labute approximate surface area is 167 Å². The number of methoxy groups -OCH3 is 1. The maximum absolute atomic E-state index is 12.9. The van der Waals surface area contributed by atoms with E-state index in [1.165, 1.54) is 29.9 Å². The third-order valence-corrected chi connectivity index (χ3v) is 4.00. The van der Waals surface area contributed by atoms with Gasteiger partial charge in [-0.1, -0.05) is 6.07 Å². The number of carbonyl (C=O) groups is 3. The topological polar surface area (TPSA) is 103 Å². The number of hydrogen-bond donors (Lipinski definition) is 1. The summed E-state index contributed by atoms with van der Waals surface area (Å²) in [7, 11) is 1.14. The Kier molecular flexibility index (Phi) is 5.54. The number of anilines is 1. The zero-order valence-electron chi connectivity index (χ0n) is 15.8. The Hall–Kier alpha value is -3.76. The lowest BCUT2D eigenvalue weighted by molar-refractivity contribution is -0.141. The Morgan fingerprint density at radius 3 is 2.57 bits per heavy atom. The fourth-order valence-corrected chi connectivity index (χ4v) is 2.72. The second-order valence-corrected chi connectivity index (χ2v) is 6.34. The summed E-state index contributed by atoms with van der Waals surface area (Å²) in [6.07, 6.45) is -3.17. The van der Waals surface area contributed by atoms with Crippen LogP contribution in [0.25, 0.3) is 10.9 Å². The highest BCUT2D eigenvalue weighted by molar-refractivity contribution is 6.09. The van der Waals surface area contributed by atoms with Crippen LogP contribution in [-0.2, 0) is 22.3 Å². The average molecular weight is 420 g/mol. The van der Waals surface area contributed by atoms with Crippen molar-refractivity contribution in [3.05, 3.63) is 53.5 Å². The number of fused-ring (bicyclic) bond motifs is 1. The number of ketones is 1. The molecule has 11 heteroatoms. The fraction of sp³-hybridized carbons (Fsp3) is 0.211. The molecule has 0 atom stereocenters. The lowest BCUT2D eigenvalue weighted by Crippen LogP contribution is -2.18. The summed E-state index contributed by atoms with van der Waals surface area (Å²) in [6.45, 7) is 1.40. The summed E-state index contributed by atoms with van der Waals surface area (Å²) < 4.78 is 44.6. The van der Waals surface area contributed by atoms with E-state index >= 15 is 0 Å². The van der Waals surface area contributed by atoms with E-state index in [2.05, 4.69) is 15.4 Å². The molecule has 0 unspecified atom stereocenters. The van der Waals surface area contributed by atoms with Gasteiger partial charge in [0.2, 0.25) is 0 Å².